The summed E-state index contributed by atoms with van der Waals surface area (Å²) in [5.41, 5.74) is 3.97. The van der Waals surface area contributed by atoms with Gasteiger partial charge in [0.1, 0.15) is 6.10 Å². The van der Waals surface area contributed by atoms with Gasteiger partial charge in [0.2, 0.25) is 0 Å². The molecule has 0 bridgehead atoms. The van der Waals surface area contributed by atoms with Crippen LogP contribution in [0, 0.1) is 17.8 Å². The topological polar surface area (TPSA) is 82.2 Å². The van der Waals surface area contributed by atoms with Crippen molar-refractivity contribution in [2.24, 2.45) is 17.8 Å². The zero-order valence-corrected chi connectivity index (χ0v) is 26.4. The van der Waals surface area contributed by atoms with Crippen molar-refractivity contribution in [3.63, 3.8) is 0 Å². The van der Waals surface area contributed by atoms with Gasteiger partial charge in [-0.15, -0.1) is 0 Å². The second-order valence-corrected chi connectivity index (χ2v) is 15.0. The van der Waals surface area contributed by atoms with E-state index in [-0.39, 0.29) is 17.6 Å². The minimum absolute atomic E-state index is 0.0244. The number of anilines is 1. The molecule has 8 nitrogen and oxygen atoms in total. The predicted octanol–water partition coefficient (Wildman–Crippen LogP) is 4.66. The molecule has 0 unspecified atom stereocenters. The number of hydrogen-bond donors (Lipinski definition) is 1. The summed E-state index contributed by atoms with van der Waals surface area (Å²) in [6, 6.07) is 16.2. The van der Waals surface area contributed by atoms with Crippen LogP contribution in [-0.4, -0.2) is 83.8 Å². The highest BCUT2D eigenvalue weighted by molar-refractivity contribution is 7.94. The lowest BCUT2D eigenvalue weighted by molar-refractivity contribution is -0.0106. The molecule has 1 amide bonds. The number of rotatable bonds is 8. The number of ether oxygens (including phenoxy) is 1. The molecule has 3 heterocycles. The van der Waals surface area contributed by atoms with Gasteiger partial charge >= 0.3 is 6.09 Å². The van der Waals surface area contributed by atoms with Crippen LogP contribution < -0.4 is 10.2 Å². The third-order valence-electron chi connectivity index (χ3n) is 10.6. The van der Waals surface area contributed by atoms with E-state index in [9.17, 15) is 13.2 Å². The highest BCUT2D eigenvalue weighted by Gasteiger charge is 2.55. The van der Waals surface area contributed by atoms with Gasteiger partial charge in [-0.05, 0) is 93.6 Å². The lowest BCUT2D eigenvalue weighted by atomic mass is 9.56. The Morgan fingerprint density at radius 2 is 1.79 bits per heavy atom. The zero-order valence-electron chi connectivity index (χ0n) is 25.6. The van der Waals surface area contributed by atoms with Crippen LogP contribution in [0.1, 0.15) is 43.2 Å². The maximum atomic E-state index is 12.4. The zero-order chi connectivity index (χ0) is 30.2. The molecule has 1 saturated carbocycles. The van der Waals surface area contributed by atoms with Gasteiger partial charge < -0.3 is 24.8 Å². The molecule has 43 heavy (non-hydrogen) atoms. The molecule has 232 valence electrons. The normalized spacial score (nSPS) is 27.3. The Morgan fingerprint density at radius 3 is 2.49 bits per heavy atom. The number of amides is 1. The maximum Gasteiger partial charge on any atom is 0.407 e. The molecule has 1 N–H and O–H groups in total. The second kappa shape index (κ2) is 12.3. The summed E-state index contributed by atoms with van der Waals surface area (Å²) < 4.78 is 30.1. The van der Waals surface area contributed by atoms with Gasteiger partial charge in [0, 0.05) is 68.1 Å². The molecule has 3 atom stereocenters. The Hall–Kier alpha value is -2.88. The van der Waals surface area contributed by atoms with E-state index < -0.39 is 9.84 Å². The van der Waals surface area contributed by atoms with Crippen LogP contribution in [0.5, 0.6) is 0 Å². The molecule has 9 heteroatoms. The molecular formula is C34H46N4O4S. The molecule has 0 radical (unpaired) electrons. The van der Waals surface area contributed by atoms with E-state index in [1.807, 2.05) is 12.1 Å². The Bertz CT molecular complexity index is 1420. The van der Waals surface area contributed by atoms with Crippen LogP contribution in [0.15, 0.2) is 65.4 Å². The maximum absolute atomic E-state index is 12.4. The number of likely N-dealkylation sites (tertiary alicyclic amines) is 1. The van der Waals surface area contributed by atoms with Gasteiger partial charge in [-0.3, -0.25) is 0 Å². The number of sulfone groups is 1. The number of piperidine rings is 1. The number of benzene rings is 2. The third-order valence-corrected chi connectivity index (χ3v) is 12.0. The molecule has 4 aliphatic rings. The molecule has 6 rings (SSSR count). The fraction of sp³-hybridized carbons (Fsp3) is 0.559. The Morgan fingerprint density at radius 1 is 1.07 bits per heavy atom. The van der Waals surface area contributed by atoms with Crippen molar-refractivity contribution in [2.45, 2.75) is 55.1 Å². The first-order valence-electron chi connectivity index (χ1n) is 15.8. The second-order valence-electron chi connectivity index (χ2n) is 13.2. The SMILES string of the molecule is C=CS(=O)(=O)c1ccc(N2CC(CN3CCC([C@@]4([C@H]5CCC[C@@H]5OC(=O)NC)CN(C)Cc5ccccc54)CC3)C2)cc1. The van der Waals surface area contributed by atoms with Gasteiger partial charge in [-0.1, -0.05) is 30.8 Å². The molecule has 1 aliphatic carbocycles. The highest BCUT2D eigenvalue weighted by Crippen LogP contribution is 2.54. The van der Waals surface area contributed by atoms with Crippen LogP contribution in [-0.2, 0) is 26.5 Å². The van der Waals surface area contributed by atoms with Gasteiger partial charge in [0.25, 0.3) is 0 Å². The molecule has 3 aliphatic heterocycles. The quantitative estimate of drug-likeness (QED) is 0.468. The van der Waals surface area contributed by atoms with Crippen LogP contribution in [0.3, 0.4) is 0 Å². The lowest BCUT2D eigenvalue weighted by Gasteiger charge is -2.54. The minimum atomic E-state index is -3.40. The Kier molecular flexibility index (Phi) is 8.59. The minimum Gasteiger partial charge on any atom is -0.446 e. The smallest absolute Gasteiger partial charge is 0.407 e. The summed E-state index contributed by atoms with van der Waals surface area (Å²) >= 11 is 0. The molecule has 0 spiro atoms. The Balaban J connectivity index is 1.12. The number of nitrogens with one attached hydrogen (secondary N) is 1. The molecule has 0 aromatic heterocycles. The monoisotopic (exact) mass is 606 g/mol. The number of carbonyl (C=O) groups is 1. The first-order chi connectivity index (χ1) is 20.7. The summed E-state index contributed by atoms with van der Waals surface area (Å²) in [5, 5.41) is 3.69. The largest absolute Gasteiger partial charge is 0.446 e. The van der Waals surface area contributed by atoms with Crippen LogP contribution in [0.2, 0.25) is 0 Å². The molecule has 2 aromatic rings. The lowest BCUT2D eigenvalue weighted by Crippen LogP contribution is -2.58. The molecule has 2 aromatic carbocycles. The van der Waals surface area contributed by atoms with Crippen molar-refractivity contribution in [3.8, 4) is 0 Å². The average Bonchev–Trinajstić information content (AvgIpc) is 3.47. The van der Waals surface area contributed by atoms with Gasteiger partial charge in [-0.2, -0.15) is 0 Å². The number of alkyl carbamates (subject to hydrolysis) is 1. The average molecular weight is 607 g/mol. The number of fused-ring (bicyclic) bond motifs is 1. The standard InChI is InChI=1S/C34H46N4O4S/c1-4-43(40,41)29-14-12-28(13-15-29)38-21-25(22-38)20-37-18-16-27(17-19-37)34(31-10-7-11-32(31)42-33(39)35-2)24-36(3)23-26-8-5-6-9-30(26)34/h4-6,8-9,12-15,25,27,31-32H,1,7,10-11,16-24H2,2-3H3,(H,35,39)/t31-,32-,34-/m0/s1. The fourth-order valence-electron chi connectivity index (χ4n) is 8.65. The number of nitrogens with zero attached hydrogens (tertiary/aromatic N) is 3. The number of hydrogen-bond acceptors (Lipinski definition) is 7. The van der Waals surface area contributed by atoms with Gasteiger partial charge in [0.15, 0.2) is 9.84 Å². The third kappa shape index (κ3) is 5.83. The van der Waals surface area contributed by atoms with Crippen molar-refractivity contribution in [3.05, 3.63) is 71.6 Å². The molecular weight excluding hydrogens is 560 g/mol. The summed E-state index contributed by atoms with van der Waals surface area (Å²) in [7, 11) is 0.496. The Labute approximate surface area is 257 Å². The van der Waals surface area contributed by atoms with Crippen molar-refractivity contribution in [2.75, 3.05) is 58.3 Å². The van der Waals surface area contributed by atoms with Crippen LogP contribution >= 0.6 is 0 Å². The van der Waals surface area contributed by atoms with Crippen molar-refractivity contribution < 1.29 is 17.9 Å². The molecule has 3 fully saturated rings. The van der Waals surface area contributed by atoms with E-state index in [1.54, 1.807) is 19.2 Å². The first-order valence-corrected chi connectivity index (χ1v) is 17.4. The van der Waals surface area contributed by atoms with Crippen LogP contribution in [0.4, 0.5) is 10.5 Å². The van der Waals surface area contributed by atoms with Crippen LogP contribution in [0.25, 0.3) is 0 Å². The fourth-order valence-corrected chi connectivity index (χ4v) is 9.36. The van der Waals surface area contributed by atoms with Crippen molar-refractivity contribution in [1.82, 2.24) is 15.1 Å². The summed E-state index contributed by atoms with van der Waals surface area (Å²) in [6.07, 6.45) is 5.08. The van der Waals surface area contributed by atoms with E-state index in [4.69, 9.17) is 4.74 Å². The van der Waals surface area contributed by atoms with E-state index in [0.29, 0.717) is 22.6 Å². The predicted molar refractivity (Wildman–Crippen MR) is 170 cm³/mol. The van der Waals surface area contributed by atoms with E-state index in [0.717, 1.165) is 89.0 Å². The first kappa shape index (κ1) is 30.2. The van der Waals surface area contributed by atoms with E-state index in [2.05, 4.69) is 57.9 Å². The van der Waals surface area contributed by atoms with E-state index >= 15 is 0 Å². The highest BCUT2D eigenvalue weighted by atomic mass is 32.2. The van der Waals surface area contributed by atoms with Gasteiger partial charge in [0.05, 0.1) is 4.90 Å². The van der Waals surface area contributed by atoms with Crippen molar-refractivity contribution >= 4 is 21.6 Å². The number of likely N-dealkylation sites (N-methyl/N-ethyl adjacent to an activating group) is 1. The number of carbonyl (C=O) groups excluding carboxylic acids is 1. The van der Waals surface area contributed by atoms with Crippen molar-refractivity contribution in [1.29, 1.82) is 0 Å². The van der Waals surface area contributed by atoms with Gasteiger partial charge in [-0.25, -0.2) is 13.2 Å². The summed E-state index contributed by atoms with van der Waals surface area (Å²) in [4.78, 5) is 20.1. The summed E-state index contributed by atoms with van der Waals surface area (Å²) in [6.45, 7) is 10.7. The molecule has 2 saturated heterocycles. The van der Waals surface area contributed by atoms with E-state index in [1.165, 1.54) is 11.1 Å². The summed E-state index contributed by atoms with van der Waals surface area (Å²) in [5.74, 6) is 1.47.